The number of ether oxygens (including phenoxy) is 1. The molecule has 1 atom stereocenters. The van der Waals surface area contributed by atoms with Gasteiger partial charge in [0.2, 0.25) is 5.91 Å². The lowest BCUT2D eigenvalue weighted by molar-refractivity contribution is -0.127. The van der Waals surface area contributed by atoms with E-state index in [0.717, 1.165) is 11.6 Å². The standard InChI is InChI=1S/C19H19FN2O3/c1-25-17-8-7-14(12-15(17)20)19(24)22-10-9-21-18(23)16(22)11-13-5-3-2-4-6-13/h2-8,12,16H,9-11H2,1H3,(H,21,23)/t16-/m1/s1. The Morgan fingerprint density at radius 2 is 2.04 bits per heavy atom. The predicted octanol–water partition coefficient (Wildman–Crippen LogP) is 2.02. The molecule has 0 aliphatic carbocycles. The highest BCUT2D eigenvalue weighted by Gasteiger charge is 2.33. The lowest BCUT2D eigenvalue weighted by atomic mass is 10.0. The third-order valence-corrected chi connectivity index (χ3v) is 4.26. The Bertz CT molecular complexity index is 779. The van der Waals surface area contributed by atoms with Gasteiger partial charge < -0.3 is 15.0 Å². The molecule has 1 saturated heterocycles. The zero-order valence-electron chi connectivity index (χ0n) is 13.9. The topological polar surface area (TPSA) is 58.6 Å². The summed E-state index contributed by atoms with van der Waals surface area (Å²) in [6, 6.07) is 13.0. The number of carbonyl (C=O) groups excluding carboxylic acids is 2. The first-order chi connectivity index (χ1) is 12.1. The van der Waals surface area contributed by atoms with E-state index in [2.05, 4.69) is 5.32 Å². The average molecular weight is 342 g/mol. The highest BCUT2D eigenvalue weighted by atomic mass is 19.1. The van der Waals surface area contributed by atoms with Gasteiger partial charge in [-0.15, -0.1) is 0 Å². The van der Waals surface area contributed by atoms with Gasteiger partial charge in [0.1, 0.15) is 6.04 Å². The highest BCUT2D eigenvalue weighted by molar-refractivity contribution is 5.98. The summed E-state index contributed by atoms with van der Waals surface area (Å²) >= 11 is 0. The Kier molecular flexibility index (Phi) is 4.97. The fourth-order valence-electron chi connectivity index (χ4n) is 2.96. The van der Waals surface area contributed by atoms with Gasteiger partial charge in [-0.3, -0.25) is 9.59 Å². The zero-order valence-corrected chi connectivity index (χ0v) is 13.9. The van der Waals surface area contributed by atoms with Gasteiger partial charge >= 0.3 is 0 Å². The first-order valence-electron chi connectivity index (χ1n) is 8.06. The molecule has 5 nitrogen and oxygen atoms in total. The monoisotopic (exact) mass is 342 g/mol. The van der Waals surface area contributed by atoms with Crippen LogP contribution in [0.25, 0.3) is 0 Å². The molecule has 3 rings (SSSR count). The third-order valence-electron chi connectivity index (χ3n) is 4.26. The van der Waals surface area contributed by atoms with Gasteiger partial charge in [0, 0.05) is 25.1 Å². The summed E-state index contributed by atoms with van der Waals surface area (Å²) in [6.07, 6.45) is 0.414. The molecule has 1 aliphatic rings. The van der Waals surface area contributed by atoms with Gasteiger partial charge in [0.25, 0.3) is 5.91 Å². The number of benzene rings is 2. The Labute approximate surface area is 145 Å². The lowest BCUT2D eigenvalue weighted by Gasteiger charge is -2.35. The van der Waals surface area contributed by atoms with Crippen molar-refractivity contribution >= 4 is 11.8 Å². The van der Waals surface area contributed by atoms with Crippen molar-refractivity contribution in [3.8, 4) is 5.75 Å². The van der Waals surface area contributed by atoms with Crippen molar-refractivity contribution in [3.05, 3.63) is 65.5 Å². The number of halogens is 1. The largest absolute Gasteiger partial charge is 0.494 e. The summed E-state index contributed by atoms with van der Waals surface area (Å²) in [5, 5.41) is 2.79. The van der Waals surface area contributed by atoms with Crippen molar-refractivity contribution in [2.24, 2.45) is 0 Å². The van der Waals surface area contributed by atoms with Crippen molar-refractivity contribution in [2.45, 2.75) is 12.5 Å². The van der Waals surface area contributed by atoms with Crippen LogP contribution in [0, 0.1) is 5.82 Å². The van der Waals surface area contributed by atoms with E-state index in [1.54, 1.807) is 0 Å². The van der Waals surface area contributed by atoms with Crippen molar-refractivity contribution in [2.75, 3.05) is 20.2 Å². The summed E-state index contributed by atoms with van der Waals surface area (Å²) in [5.41, 5.74) is 1.16. The van der Waals surface area contributed by atoms with E-state index >= 15 is 0 Å². The summed E-state index contributed by atoms with van der Waals surface area (Å²) < 4.78 is 18.8. The molecule has 1 aliphatic heterocycles. The lowest BCUT2D eigenvalue weighted by Crippen LogP contribution is -2.58. The SMILES string of the molecule is COc1ccc(C(=O)N2CCNC(=O)[C@H]2Cc2ccccc2)cc1F. The molecule has 0 aromatic heterocycles. The van der Waals surface area contributed by atoms with Crippen molar-refractivity contribution < 1.29 is 18.7 Å². The van der Waals surface area contributed by atoms with E-state index in [1.807, 2.05) is 30.3 Å². The maximum Gasteiger partial charge on any atom is 0.254 e. The second-order valence-corrected chi connectivity index (χ2v) is 5.84. The van der Waals surface area contributed by atoms with Crippen LogP contribution in [0.2, 0.25) is 0 Å². The number of piperazine rings is 1. The smallest absolute Gasteiger partial charge is 0.254 e. The fourth-order valence-corrected chi connectivity index (χ4v) is 2.96. The fraction of sp³-hybridized carbons (Fsp3) is 0.263. The highest BCUT2D eigenvalue weighted by Crippen LogP contribution is 2.21. The van der Waals surface area contributed by atoms with Crippen LogP contribution >= 0.6 is 0 Å². The molecule has 0 radical (unpaired) electrons. The van der Waals surface area contributed by atoms with E-state index in [4.69, 9.17) is 4.74 Å². The molecule has 25 heavy (non-hydrogen) atoms. The minimum atomic E-state index is -0.617. The van der Waals surface area contributed by atoms with Gasteiger partial charge in [-0.2, -0.15) is 0 Å². The number of nitrogens with one attached hydrogen (secondary N) is 1. The molecular formula is C19H19FN2O3. The van der Waals surface area contributed by atoms with Crippen LogP contribution in [0.5, 0.6) is 5.75 Å². The number of carbonyl (C=O) groups is 2. The minimum Gasteiger partial charge on any atom is -0.494 e. The molecule has 2 amide bonds. The van der Waals surface area contributed by atoms with Crippen LogP contribution in [0.3, 0.4) is 0 Å². The quantitative estimate of drug-likeness (QED) is 0.925. The second-order valence-electron chi connectivity index (χ2n) is 5.84. The summed E-state index contributed by atoms with van der Waals surface area (Å²) in [4.78, 5) is 26.7. The zero-order chi connectivity index (χ0) is 17.8. The number of methoxy groups -OCH3 is 1. The molecule has 1 heterocycles. The molecule has 0 unspecified atom stereocenters. The normalized spacial score (nSPS) is 17.1. The second kappa shape index (κ2) is 7.34. The third kappa shape index (κ3) is 3.63. The summed E-state index contributed by atoms with van der Waals surface area (Å²) in [7, 11) is 1.37. The van der Waals surface area contributed by atoms with Crippen LogP contribution in [-0.4, -0.2) is 43.0 Å². The van der Waals surface area contributed by atoms with Gasteiger partial charge in [-0.25, -0.2) is 4.39 Å². The van der Waals surface area contributed by atoms with Gasteiger partial charge in [-0.1, -0.05) is 30.3 Å². The maximum atomic E-state index is 13.9. The number of hydrogen-bond acceptors (Lipinski definition) is 3. The first kappa shape index (κ1) is 17.0. The summed E-state index contributed by atoms with van der Waals surface area (Å²) in [5.74, 6) is -1.09. The van der Waals surface area contributed by atoms with Crippen molar-refractivity contribution in [1.29, 1.82) is 0 Å². The average Bonchev–Trinajstić information content (AvgIpc) is 2.63. The van der Waals surface area contributed by atoms with Crippen LogP contribution in [0.1, 0.15) is 15.9 Å². The molecule has 2 aromatic rings. The first-order valence-corrected chi connectivity index (χ1v) is 8.06. The Balaban J connectivity index is 1.85. The Morgan fingerprint density at radius 1 is 1.28 bits per heavy atom. The molecule has 0 saturated carbocycles. The van der Waals surface area contributed by atoms with E-state index in [-0.39, 0.29) is 23.1 Å². The van der Waals surface area contributed by atoms with Gasteiger partial charge in [0.15, 0.2) is 11.6 Å². The molecule has 1 fully saturated rings. The molecule has 0 spiro atoms. The molecule has 2 aromatic carbocycles. The predicted molar refractivity (Wildman–Crippen MR) is 90.9 cm³/mol. The minimum absolute atomic E-state index is 0.0776. The molecule has 0 bridgehead atoms. The Morgan fingerprint density at radius 3 is 2.72 bits per heavy atom. The van der Waals surface area contributed by atoms with E-state index in [1.165, 1.54) is 24.1 Å². The summed E-state index contributed by atoms with van der Waals surface area (Å²) in [6.45, 7) is 0.768. The van der Waals surface area contributed by atoms with Gasteiger partial charge in [-0.05, 0) is 23.8 Å². The Hall–Kier alpha value is -2.89. The van der Waals surface area contributed by atoms with Crippen LogP contribution in [0.4, 0.5) is 4.39 Å². The van der Waals surface area contributed by atoms with E-state index in [0.29, 0.717) is 19.5 Å². The molecular weight excluding hydrogens is 323 g/mol. The van der Waals surface area contributed by atoms with Crippen LogP contribution in [0.15, 0.2) is 48.5 Å². The van der Waals surface area contributed by atoms with E-state index < -0.39 is 11.9 Å². The molecule has 130 valence electrons. The molecule has 1 N–H and O–H groups in total. The van der Waals surface area contributed by atoms with Crippen LogP contribution in [-0.2, 0) is 11.2 Å². The molecule has 6 heteroatoms. The number of hydrogen-bond donors (Lipinski definition) is 1. The number of amides is 2. The van der Waals surface area contributed by atoms with E-state index in [9.17, 15) is 14.0 Å². The maximum absolute atomic E-state index is 13.9. The van der Waals surface area contributed by atoms with Crippen LogP contribution < -0.4 is 10.1 Å². The van der Waals surface area contributed by atoms with Crippen molar-refractivity contribution in [1.82, 2.24) is 10.2 Å². The van der Waals surface area contributed by atoms with Gasteiger partial charge in [0.05, 0.1) is 7.11 Å². The number of nitrogens with zero attached hydrogens (tertiary/aromatic N) is 1. The number of rotatable bonds is 4. The van der Waals surface area contributed by atoms with Crippen molar-refractivity contribution in [3.63, 3.8) is 0 Å².